The van der Waals surface area contributed by atoms with Gasteiger partial charge in [0.05, 0.1) is 6.61 Å². The lowest BCUT2D eigenvalue weighted by Crippen LogP contribution is -2.14. The summed E-state index contributed by atoms with van der Waals surface area (Å²) < 4.78 is 17.7. The molecule has 0 heterocycles. The molecule has 0 fully saturated rings. The SMILES string of the molecule is CCOC(=O)Nc1ccc(NCc2ccc(F)cc2)cc1C. The number of amides is 1. The molecule has 0 saturated heterocycles. The molecule has 2 aromatic carbocycles. The number of hydrogen-bond donors (Lipinski definition) is 2. The zero-order valence-corrected chi connectivity index (χ0v) is 12.7. The molecular weight excluding hydrogens is 283 g/mol. The molecule has 5 heteroatoms. The second kappa shape index (κ2) is 7.45. The van der Waals surface area contributed by atoms with Gasteiger partial charge in [-0.25, -0.2) is 9.18 Å². The first-order chi connectivity index (χ1) is 10.6. The van der Waals surface area contributed by atoms with Crippen LogP contribution in [0.15, 0.2) is 42.5 Å². The molecule has 0 spiro atoms. The molecule has 0 aromatic heterocycles. The molecule has 0 radical (unpaired) electrons. The fourth-order valence-electron chi connectivity index (χ4n) is 2.00. The summed E-state index contributed by atoms with van der Waals surface area (Å²) in [5.74, 6) is -0.242. The Morgan fingerprint density at radius 2 is 1.91 bits per heavy atom. The lowest BCUT2D eigenvalue weighted by Gasteiger charge is -2.11. The third-order valence-corrected chi connectivity index (χ3v) is 3.15. The van der Waals surface area contributed by atoms with E-state index >= 15 is 0 Å². The van der Waals surface area contributed by atoms with Crippen molar-refractivity contribution in [2.24, 2.45) is 0 Å². The van der Waals surface area contributed by atoms with Crippen molar-refractivity contribution in [3.8, 4) is 0 Å². The van der Waals surface area contributed by atoms with E-state index < -0.39 is 6.09 Å². The quantitative estimate of drug-likeness (QED) is 0.865. The standard InChI is InChI=1S/C17H19FN2O2/c1-3-22-17(21)20-16-9-8-15(10-12(16)2)19-11-13-4-6-14(18)7-5-13/h4-10,19H,3,11H2,1-2H3,(H,20,21). The molecule has 0 saturated carbocycles. The van der Waals surface area contributed by atoms with Crippen molar-refractivity contribution in [2.75, 3.05) is 17.2 Å². The first kappa shape index (κ1) is 15.8. The number of aryl methyl sites for hydroxylation is 1. The highest BCUT2D eigenvalue weighted by atomic mass is 19.1. The van der Waals surface area contributed by atoms with Crippen molar-refractivity contribution in [1.82, 2.24) is 0 Å². The van der Waals surface area contributed by atoms with Crippen LogP contribution in [0.4, 0.5) is 20.6 Å². The lowest BCUT2D eigenvalue weighted by atomic mass is 10.1. The number of carbonyl (C=O) groups excluding carboxylic acids is 1. The van der Waals surface area contributed by atoms with Gasteiger partial charge >= 0.3 is 6.09 Å². The molecule has 2 N–H and O–H groups in total. The lowest BCUT2D eigenvalue weighted by molar-refractivity contribution is 0.168. The van der Waals surface area contributed by atoms with Gasteiger partial charge in [0.1, 0.15) is 5.82 Å². The van der Waals surface area contributed by atoms with Crippen LogP contribution < -0.4 is 10.6 Å². The number of hydrogen-bond acceptors (Lipinski definition) is 3. The molecule has 0 aliphatic rings. The smallest absolute Gasteiger partial charge is 0.411 e. The minimum atomic E-state index is -0.461. The minimum Gasteiger partial charge on any atom is -0.450 e. The van der Waals surface area contributed by atoms with Crippen LogP contribution in [0.3, 0.4) is 0 Å². The number of rotatable bonds is 5. The maximum Gasteiger partial charge on any atom is 0.411 e. The van der Waals surface area contributed by atoms with Gasteiger partial charge in [-0.3, -0.25) is 5.32 Å². The molecule has 116 valence electrons. The highest BCUT2D eigenvalue weighted by molar-refractivity contribution is 5.86. The molecule has 0 aliphatic heterocycles. The van der Waals surface area contributed by atoms with Crippen LogP contribution in [0.5, 0.6) is 0 Å². The zero-order valence-electron chi connectivity index (χ0n) is 12.7. The maximum absolute atomic E-state index is 12.8. The largest absolute Gasteiger partial charge is 0.450 e. The third kappa shape index (κ3) is 4.48. The predicted molar refractivity (Wildman–Crippen MR) is 85.6 cm³/mol. The summed E-state index contributed by atoms with van der Waals surface area (Å²) in [6.45, 7) is 4.60. The number of nitrogens with one attached hydrogen (secondary N) is 2. The molecular formula is C17H19FN2O2. The summed E-state index contributed by atoms with van der Waals surface area (Å²) in [6, 6.07) is 12.0. The van der Waals surface area contributed by atoms with Crippen LogP contribution >= 0.6 is 0 Å². The van der Waals surface area contributed by atoms with Crippen LogP contribution in [-0.2, 0) is 11.3 Å². The fourth-order valence-corrected chi connectivity index (χ4v) is 2.00. The highest BCUT2D eigenvalue weighted by Crippen LogP contribution is 2.20. The Hall–Kier alpha value is -2.56. The van der Waals surface area contributed by atoms with Crippen LogP contribution in [0.2, 0.25) is 0 Å². The Balaban J connectivity index is 1.97. The van der Waals surface area contributed by atoms with Crippen molar-refractivity contribution in [1.29, 1.82) is 0 Å². The second-order valence-corrected chi connectivity index (χ2v) is 4.86. The van der Waals surface area contributed by atoms with E-state index in [1.54, 1.807) is 19.1 Å². The predicted octanol–water partition coefficient (Wildman–Crippen LogP) is 4.31. The highest BCUT2D eigenvalue weighted by Gasteiger charge is 2.05. The Kier molecular flexibility index (Phi) is 5.36. The van der Waals surface area contributed by atoms with E-state index in [1.807, 2.05) is 25.1 Å². The average Bonchev–Trinajstić information content (AvgIpc) is 2.49. The van der Waals surface area contributed by atoms with E-state index in [0.717, 1.165) is 16.8 Å². The molecule has 0 bridgehead atoms. The molecule has 0 aliphatic carbocycles. The van der Waals surface area contributed by atoms with Crippen molar-refractivity contribution in [3.63, 3.8) is 0 Å². The Labute approximate surface area is 129 Å². The van der Waals surface area contributed by atoms with Crippen LogP contribution in [0.1, 0.15) is 18.1 Å². The van der Waals surface area contributed by atoms with E-state index in [0.29, 0.717) is 18.8 Å². The first-order valence-corrected chi connectivity index (χ1v) is 7.11. The van der Waals surface area contributed by atoms with E-state index in [-0.39, 0.29) is 5.82 Å². The van der Waals surface area contributed by atoms with Crippen LogP contribution in [0, 0.1) is 12.7 Å². The van der Waals surface area contributed by atoms with Gasteiger partial charge in [-0.05, 0) is 55.3 Å². The normalized spacial score (nSPS) is 10.1. The minimum absolute atomic E-state index is 0.242. The third-order valence-electron chi connectivity index (χ3n) is 3.15. The van der Waals surface area contributed by atoms with Crippen LogP contribution in [0.25, 0.3) is 0 Å². The molecule has 2 aromatic rings. The summed E-state index contributed by atoms with van der Waals surface area (Å²) in [7, 11) is 0. The van der Waals surface area contributed by atoms with E-state index in [1.165, 1.54) is 12.1 Å². The van der Waals surface area contributed by atoms with Crippen molar-refractivity contribution in [3.05, 3.63) is 59.4 Å². The molecule has 2 rings (SSSR count). The second-order valence-electron chi connectivity index (χ2n) is 4.86. The number of anilines is 2. The van der Waals surface area contributed by atoms with Crippen molar-refractivity contribution < 1.29 is 13.9 Å². The molecule has 0 unspecified atom stereocenters. The molecule has 1 amide bonds. The molecule has 22 heavy (non-hydrogen) atoms. The number of carbonyl (C=O) groups is 1. The topological polar surface area (TPSA) is 50.4 Å². The monoisotopic (exact) mass is 302 g/mol. The van der Waals surface area contributed by atoms with Gasteiger partial charge in [0.25, 0.3) is 0 Å². The summed E-state index contributed by atoms with van der Waals surface area (Å²) in [4.78, 5) is 11.4. The van der Waals surface area contributed by atoms with Gasteiger partial charge < -0.3 is 10.1 Å². The average molecular weight is 302 g/mol. The van der Waals surface area contributed by atoms with Gasteiger partial charge in [0.15, 0.2) is 0 Å². The summed E-state index contributed by atoms with van der Waals surface area (Å²) in [5.41, 5.74) is 3.56. The van der Waals surface area contributed by atoms with E-state index in [9.17, 15) is 9.18 Å². The van der Waals surface area contributed by atoms with Gasteiger partial charge in [0, 0.05) is 17.9 Å². The number of benzene rings is 2. The molecule has 0 atom stereocenters. The van der Waals surface area contributed by atoms with E-state index in [2.05, 4.69) is 10.6 Å². The fraction of sp³-hybridized carbons (Fsp3) is 0.235. The van der Waals surface area contributed by atoms with Crippen LogP contribution in [-0.4, -0.2) is 12.7 Å². The Bertz CT molecular complexity index is 642. The molecule has 4 nitrogen and oxygen atoms in total. The van der Waals surface area contributed by atoms with Crippen molar-refractivity contribution >= 4 is 17.5 Å². The van der Waals surface area contributed by atoms with Gasteiger partial charge in [-0.15, -0.1) is 0 Å². The van der Waals surface area contributed by atoms with Gasteiger partial charge in [-0.1, -0.05) is 12.1 Å². The van der Waals surface area contributed by atoms with Gasteiger partial charge in [-0.2, -0.15) is 0 Å². The Morgan fingerprint density at radius 1 is 1.18 bits per heavy atom. The maximum atomic E-state index is 12.8. The summed E-state index contributed by atoms with van der Waals surface area (Å²) in [6.07, 6.45) is -0.461. The number of halogens is 1. The first-order valence-electron chi connectivity index (χ1n) is 7.11. The Morgan fingerprint density at radius 3 is 2.55 bits per heavy atom. The van der Waals surface area contributed by atoms with Crippen molar-refractivity contribution in [2.45, 2.75) is 20.4 Å². The van der Waals surface area contributed by atoms with E-state index in [4.69, 9.17) is 4.74 Å². The zero-order chi connectivity index (χ0) is 15.9. The summed E-state index contributed by atoms with van der Waals surface area (Å²) in [5, 5.41) is 5.95. The number of ether oxygens (including phenoxy) is 1. The van der Waals surface area contributed by atoms with Gasteiger partial charge in [0.2, 0.25) is 0 Å². The summed E-state index contributed by atoms with van der Waals surface area (Å²) >= 11 is 0.